The molecule has 3 aromatic rings. The maximum absolute atomic E-state index is 10.9. The van der Waals surface area contributed by atoms with Gasteiger partial charge < -0.3 is 14.1 Å². The Balaban J connectivity index is 1.64. The molecule has 2 aromatic heterocycles. The number of furan rings is 1. The molecule has 0 radical (unpaired) electrons. The van der Waals surface area contributed by atoms with E-state index in [4.69, 9.17) is 14.1 Å². The molecule has 0 amide bonds. The number of non-ortho nitro benzene ring substituents is 1. The number of morpholine rings is 1. The summed E-state index contributed by atoms with van der Waals surface area (Å²) in [4.78, 5) is 22.0. The SMILES string of the molecule is CCc1cc(N2CCOC(c3ccco3)C2)nc(-c2ccc([N+](=O)[O-])cc2)n1. The molecule has 1 unspecified atom stereocenters. The summed E-state index contributed by atoms with van der Waals surface area (Å²) in [6.07, 6.45) is 2.26. The van der Waals surface area contributed by atoms with Crippen molar-refractivity contribution in [2.45, 2.75) is 19.4 Å². The normalized spacial score (nSPS) is 16.9. The highest BCUT2D eigenvalue weighted by atomic mass is 16.6. The lowest BCUT2D eigenvalue weighted by Gasteiger charge is -2.33. The molecule has 1 atom stereocenters. The maximum atomic E-state index is 10.9. The van der Waals surface area contributed by atoms with Gasteiger partial charge in [-0.25, -0.2) is 9.97 Å². The molecule has 1 aliphatic rings. The van der Waals surface area contributed by atoms with Gasteiger partial charge in [-0.15, -0.1) is 0 Å². The van der Waals surface area contributed by atoms with E-state index in [1.165, 1.54) is 12.1 Å². The molecule has 28 heavy (non-hydrogen) atoms. The zero-order chi connectivity index (χ0) is 19.5. The standard InChI is InChI=1S/C20H20N4O4/c1-2-15-12-19(23-9-11-28-18(13-23)17-4-3-10-27-17)22-20(21-15)14-5-7-16(8-6-14)24(25)26/h3-8,10,12,18H,2,9,11,13H2,1H3. The highest BCUT2D eigenvalue weighted by molar-refractivity contribution is 5.60. The van der Waals surface area contributed by atoms with Gasteiger partial charge in [-0.05, 0) is 30.7 Å². The van der Waals surface area contributed by atoms with Crippen molar-refractivity contribution in [1.82, 2.24) is 9.97 Å². The molecular weight excluding hydrogens is 360 g/mol. The largest absolute Gasteiger partial charge is 0.467 e. The fourth-order valence-corrected chi connectivity index (χ4v) is 3.19. The number of hydrogen-bond donors (Lipinski definition) is 0. The van der Waals surface area contributed by atoms with Crippen LogP contribution in [0.25, 0.3) is 11.4 Å². The monoisotopic (exact) mass is 380 g/mol. The molecule has 3 heterocycles. The zero-order valence-corrected chi connectivity index (χ0v) is 15.4. The minimum Gasteiger partial charge on any atom is -0.467 e. The van der Waals surface area contributed by atoms with Gasteiger partial charge in [-0.2, -0.15) is 0 Å². The van der Waals surface area contributed by atoms with Gasteiger partial charge in [0.2, 0.25) is 0 Å². The van der Waals surface area contributed by atoms with Gasteiger partial charge in [0.15, 0.2) is 5.82 Å². The van der Waals surface area contributed by atoms with Gasteiger partial charge in [0.25, 0.3) is 5.69 Å². The van der Waals surface area contributed by atoms with Crippen molar-refractivity contribution in [3.05, 3.63) is 70.3 Å². The fraction of sp³-hybridized carbons (Fsp3) is 0.300. The average molecular weight is 380 g/mol. The number of anilines is 1. The highest BCUT2D eigenvalue weighted by Crippen LogP contribution is 2.28. The summed E-state index contributed by atoms with van der Waals surface area (Å²) in [5.74, 6) is 2.18. The summed E-state index contributed by atoms with van der Waals surface area (Å²) in [6.45, 7) is 3.96. The maximum Gasteiger partial charge on any atom is 0.269 e. The van der Waals surface area contributed by atoms with E-state index in [0.717, 1.165) is 35.8 Å². The Morgan fingerprint density at radius 3 is 2.75 bits per heavy atom. The Hall–Kier alpha value is -3.26. The summed E-state index contributed by atoms with van der Waals surface area (Å²) < 4.78 is 11.3. The molecule has 0 bridgehead atoms. The number of rotatable bonds is 5. The van der Waals surface area contributed by atoms with Gasteiger partial charge in [0.05, 0.1) is 24.3 Å². The van der Waals surface area contributed by atoms with Crippen molar-refractivity contribution < 1.29 is 14.1 Å². The molecule has 0 aliphatic carbocycles. The molecule has 1 aliphatic heterocycles. The summed E-state index contributed by atoms with van der Waals surface area (Å²) >= 11 is 0. The van der Waals surface area contributed by atoms with Gasteiger partial charge in [0, 0.05) is 36.0 Å². The third kappa shape index (κ3) is 3.72. The van der Waals surface area contributed by atoms with Crippen LogP contribution in [0.5, 0.6) is 0 Å². The Labute approximate surface area is 161 Å². The summed E-state index contributed by atoms with van der Waals surface area (Å²) in [5.41, 5.74) is 1.71. The topological polar surface area (TPSA) is 94.5 Å². The predicted octanol–water partition coefficient (Wildman–Crippen LogP) is 3.79. The van der Waals surface area contributed by atoms with Crippen molar-refractivity contribution in [3.63, 3.8) is 0 Å². The van der Waals surface area contributed by atoms with Crippen LogP contribution < -0.4 is 4.90 Å². The first-order chi connectivity index (χ1) is 13.6. The molecule has 0 N–H and O–H groups in total. The van der Waals surface area contributed by atoms with Crippen LogP contribution in [0.15, 0.2) is 53.1 Å². The molecule has 0 spiro atoms. The second kappa shape index (κ2) is 7.77. The minimum absolute atomic E-state index is 0.0464. The smallest absolute Gasteiger partial charge is 0.269 e. The van der Waals surface area contributed by atoms with Crippen molar-refractivity contribution in [1.29, 1.82) is 0 Å². The number of nitro groups is 1. The van der Waals surface area contributed by atoms with Gasteiger partial charge in [-0.1, -0.05) is 6.92 Å². The van der Waals surface area contributed by atoms with Crippen molar-refractivity contribution in [3.8, 4) is 11.4 Å². The van der Waals surface area contributed by atoms with Crippen LogP contribution in [0.2, 0.25) is 0 Å². The van der Waals surface area contributed by atoms with Gasteiger partial charge in [-0.3, -0.25) is 10.1 Å². The number of aromatic nitrogens is 2. The van der Waals surface area contributed by atoms with Crippen LogP contribution in [-0.4, -0.2) is 34.6 Å². The number of aryl methyl sites for hydroxylation is 1. The van der Waals surface area contributed by atoms with Crippen molar-refractivity contribution in [2.24, 2.45) is 0 Å². The first-order valence-electron chi connectivity index (χ1n) is 9.17. The Bertz CT molecular complexity index is 957. The molecule has 1 fully saturated rings. The third-order valence-electron chi connectivity index (χ3n) is 4.72. The Morgan fingerprint density at radius 1 is 1.25 bits per heavy atom. The van der Waals surface area contributed by atoms with E-state index in [1.54, 1.807) is 18.4 Å². The summed E-state index contributed by atoms with van der Waals surface area (Å²) in [7, 11) is 0. The molecule has 0 saturated carbocycles. The van der Waals surface area contributed by atoms with Crippen LogP contribution in [0.1, 0.15) is 24.5 Å². The lowest BCUT2D eigenvalue weighted by molar-refractivity contribution is -0.384. The predicted molar refractivity (Wildman–Crippen MR) is 103 cm³/mol. The van der Waals surface area contributed by atoms with Gasteiger partial charge in [0.1, 0.15) is 17.7 Å². The minimum atomic E-state index is -0.416. The van der Waals surface area contributed by atoms with E-state index in [9.17, 15) is 10.1 Å². The molecule has 8 nitrogen and oxygen atoms in total. The van der Waals surface area contributed by atoms with E-state index in [1.807, 2.05) is 25.1 Å². The molecule has 1 saturated heterocycles. The second-order valence-corrected chi connectivity index (χ2v) is 6.52. The lowest BCUT2D eigenvalue weighted by atomic mass is 10.1. The Morgan fingerprint density at radius 2 is 2.07 bits per heavy atom. The summed E-state index contributed by atoms with van der Waals surface area (Å²) in [5, 5.41) is 10.9. The van der Waals surface area contributed by atoms with E-state index in [2.05, 4.69) is 9.88 Å². The lowest BCUT2D eigenvalue weighted by Crippen LogP contribution is -2.39. The average Bonchev–Trinajstić information content (AvgIpc) is 3.28. The van der Waals surface area contributed by atoms with Crippen LogP contribution in [0.3, 0.4) is 0 Å². The number of nitro benzene ring substituents is 1. The van der Waals surface area contributed by atoms with E-state index in [0.29, 0.717) is 19.0 Å². The molecule has 1 aromatic carbocycles. The first kappa shape index (κ1) is 18.1. The highest BCUT2D eigenvalue weighted by Gasteiger charge is 2.25. The number of nitrogens with zero attached hydrogens (tertiary/aromatic N) is 4. The second-order valence-electron chi connectivity index (χ2n) is 6.52. The quantitative estimate of drug-likeness (QED) is 0.491. The number of hydrogen-bond acceptors (Lipinski definition) is 7. The van der Waals surface area contributed by atoms with Gasteiger partial charge >= 0.3 is 0 Å². The van der Waals surface area contributed by atoms with Crippen LogP contribution in [-0.2, 0) is 11.2 Å². The van der Waals surface area contributed by atoms with Crippen molar-refractivity contribution >= 4 is 11.5 Å². The van der Waals surface area contributed by atoms with E-state index < -0.39 is 4.92 Å². The number of ether oxygens (including phenoxy) is 1. The van der Waals surface area contributed by atoms with Crippen molar-refractivity contribution in [2.75, 3.05) is 24.6 Å². The van der Waals surface area contributed by atoms with Crippen LogP contribution in [0, 0.1) is 10.1 Å². The Kier molecular flexibility index (Phi) is 5.03. The molecule has 4 rings (SSSR count). The van der Waals surface area contributed by atoms with Crippen LogP contribution in [0.4, 0.5) is 11.5 Å². The first-order valence-corrected chi connectivity index (χ1v) is 9.17. The third-order valence-corrected chi connectivity index (χ3v) is 4.72. The molecule has 144 valence electrons. The summed E-state index contributed by atoms with van der Waals surface area (Å²) in [6, 6.07) is 12.1. The van der Waals surface area contributed by atoms with E-state index >= 15 is 0 Å². The fourth-order valence-electron chi connectivity index (χ4n) is 3.19. The number of benzene rings is 1. The zero-order valence-electron chi connectivity index (χ0n) is 15.4. The van der Waals surface area contributed by atoms with Crippen LogP contribution >= 0.6 is 0 Å². The molecular formula is C20H20N4O4. The van der Waals surface area contributed by atoms with E-state index in [-0.39, 0.29) is 11.8 Å². The molecule has 8 heteroatoms.